The van der Waals surface area contributed by atoms with Crippen molar-refractivity contribution >= 4 is 29.0 Å². The van der Waals surface area contributed by atoms with Gasteiger partial charge in [-0.3, -0.25) is 9.69 Å². The van der Waals surface area contributed by atoms with Crippen LogP contribution < -0.4 is 4.90 Å². The molecule has 23 heavy (non-hydrogen) atoms. The largest absolute Gasteiger partial charge is 0.337 e. The molecule has 0 aromatic heterocycles. The van der Waals surface area contributed by atoms with E-state index >= 15 is 0 Å². The van der Waals surface area contributed by atoms with E-state index in [4.69, 9.17) is 4.84 Å². The third-order valence-electron chi connectivity index (χ3n) is 3.52. The second-order valence-corrected chi connectivity index (χ2v) is 5.50. The van der Waals surface area contributed by atoms with Gasteiger partial charge in [0.2, 0.25) is 0 Å². The average molecular weight is 308 g/mol. The molecule has 1 aliphatic heterocycles. The molecule has 0 atom stereocenters. The number of rotatable bonds is 3. The fourth-order valence-corrected chi connectivity index (χ4v) is 2.32. The zero-order valence-corrected chi connectivity index (χ0v) is 12.9. The van der Waals surface area contributed by atoms with E-state index in [0.717, 1.165) is 11.4 Å². The smallest absolute Gasteiger partial charge is 0.317 e. The minimum absolute atomic E-state index is 0.137. The number of benzene rings is 2. The van der Waals surface area contributed by atoms with Crippen molar-refractivity contribution in [2.24, 2.45) is 11.1 Å². The van der Waals surface area contributed by atoms with Crippen LogP contribution in [0.4, 0.5) is 11.4 Å². The lowest BCUT2D eigenvalue weighted by Crippen LogP contribution is -2.26. The Morgan fingerprint density at radius 1 is 1.04 bits per heavy atom. The zero-order chi connectivity index (χ0) is 16.4. The molecule has 2 aromatic rings. The number of nitrogens with zero attached hydrogens (tertiary/aromatic N) is 2. The normalized spacial score (nSPS) is 15.2. The third-order valence-corrected chi connectivity index (χ3v) is 3.52. The number of carbonyl (C=O) groups excluding carboxylic acids is 2. The topological polar surface area (TPSA) is 59.0 Å². The predicted octanol–water partition coefficient (Wildman–Crippen LogP) is 3.27. The molecule has 0 radical (unpaired) electrons. The molecule has 5 heteroatoms. The Bertz CT molecular complexity index is 782. The number of hydrogen-bond acceptors (Lipinski definition) is 4. The summed E-state index contributed by atoms with van der Waals surface area (Å²) in [4.78, 5) is 30.8. The number of amides is 1. The van der Waals surface area contributed by atoms with Gasteiger partial charge in [0.25, 0.3) is 5.91 Å². The molecule has 0 unspecified atom stereocenters. The molecule has 0 aliphatic carbocycles. The molecule has 0 spiro atoms. The summed E-state index contributed by atoms with van der Waals surface area (Å²) in [5.74, 6) is -1.09. The van der Waals surface area contributed by atoms with Gasteiger partial charge in [-0.2, -0.15) is 0 Å². The second-order valence-electron chi connectivity index (χ2n) is 5.50. The lowest BCUT2D eigenvalue weighted by Gasteiger charge is -2.16. The van der Waals surface area contributed by atoms with Crippen LogP contribution in [0.5, 0.6) is 0 Å². The Morgan fingerprint density at radius 3 is 2.39 bits per heavy atom. The van der Waals surface area contributed by atoms with Gasteiger partial charge in [0.05, 0.1) is 11.6 Å². The first kappa shape index (κ1) is 15.0. The van der Waals surface area contributed by atoms with Crippen LogP contribution in [0, 0.1) is 5.92 Å². The first-order valence-electron chi connectivity index (χ1n) is 7.37. The summed E-state index contributed by atoms with van der Waals surface area (Å²) in [5, 5.41) is 3.82. The number of carbonyl (C=O) groups is 2. The molecule has 0 saturated heterocycles. The Hall–Kier alpha value is -2.95. The van der Waals surface area contributed by atoms with Crippen LogP contribution in [0.25, 0.3) is 0 Å². The molecule has 116 valence electrons. The van der Waals surface area contributed by atoms with Crippen LogP contribution in [0.1, 0.15) is 19.4 Å². The van der Waals surface area contributed by atoms with Crippen molar-refractivity contribution in [2.45, 2.75) is 13.8 Å². The summed E-state index contributed by atoms with van der Waals surface area (Å²) >= 11 is 0. The summed E-state index contributed by atoms with van der Waals surface area (Å²) in [6, 6.07) is 16.6. The van der Waals surface area contributed by atoms with E-state index in [-0.39, 0.29) is 17.5 Å². The van der Waals surface area contributed by atoms with Gasteiger partial charge in [0.15, 0.2) is 5.71 Å². The maximum atomic E-state index is 12.7. The standard InChI is InChI=1S/C18H16N2O3/c1-12(2)18(22)23-19-16-14-10-6-7-11-15(14)20(17(16)21)13-8-4-3-5-9-13/h3-12H,1-2H3. The Kier molecular flexibility index (Phi) is 3.93. The van der Waals surface area contributed by atoms with Crippen molar-refractivity contribution in [3.05, 3.63) is 60.2 Å². The average Bonchev–Trinajstić information content (AvgIpc) is 2.85. The fourth-order valence-electron chi connectivity index (χ4n) is 2.32. The number of oxime groups is 1. The highest BCUT2D eigenvalue weighted by Crippen LogP contribution is 2.35. The fraction of sp³-hybridized carbons (Fsp3) is 0.167. The molecule has 0 N–H and O–H groups in total. The minimum Gasteiger partial charge on any atom is -0.317 e. The molecule has 0 fully saturated rings. The van der Waals surface area contributed by atoms with Gasteiger partial charge >= 0.3 is 5.97 Å². The lowest BCUT2D eigenvalue weighted by atomic mass is 10.1. The predicted molar refractivity (Wildman–Crippen MR) is 87.5 cm³/mol. The lowest BCUT2D eigenvalue weighted by molar-refractivity contribution is -0.147. The molecule has 1 amide bonds. The quantitative estimate of drug-likeness (QED) is 0.646. The Morgan fingerprint density at radius 2 is 1.70 bits per heavy atom. The first-order chi connectivity index (χ1) is 11.1. The number of fused-ring (bicyclic) bond motifs is 1. The SMILES string of the molecule is CC(C)C(=O)ON=C1C(=O)N(c2ccccc2)c2ccccc21. The van der Waals surface area contributed by atoms with Gasteiger partial charge in [0, 0.05) is 11.3 Å². The summed E-state index contributed by atoms with van der Waals surface area (Å²) in [7, 11) is 0. The highest BCUT2D eigenvalue weighted by molar-refractivity contribution is 6.55. The molecule has 3 rings (SSSR count). The summed E-state index contributed by atoms with van der Waals surface area (Å²) in [6.45, 7) is 3.42. The maximum absolute atomic E-state index is 12.7. The van der Waals surface area contributed by atoms with Gasteiger partial charge in [-0.15, -0.1) is 0 Å². The molecular weight excluding hydrogens is 292 g/mol. The van der Waals surface area contributed by atoms with E-state index in [1.807, 2.05) is 48.5 Å². The summed E-state index contributed by atoms with van der Waals surface area (Å²) in [5.41, 5.74) is 2.25. The van der Waals surface area contributed by atoms with Crippen molar-refractivity contribution < 1.29 is 14.4 Å². The zero-order valence-electron chi connectivity index (χ0n) is 12.9. The van der Waals surface area contributed by atoms with Crippen molar-refractivity contribution in [2.75, 3.05) is 4.90 Å². The molecule has 0 bridgehead atoms. The van der Waals surface area contributed by atoms with Gasteiger partial charge in [-0.05, 0) is 18.2 Å². The number of hydrogen-bond donors (Lipinski definition) is 0. The van der Waals surface area contributed by atoms with Crippen molar-refractivity contribution in [3.63, 3.8) is 0 Å². The van der Waals surface area contributed by atoms with Crippen LogP contribution in [-0.4, -0.2) is 17.6 Å². The summed E-state index contributed by atoms with van der Waals surface area (Å²) < 4.78 is 0. The van der Waals surface area contributed by atoms with Crippen molar-refractivity contribution in [1.82, 2.24) is 0 Å². The van der Waals surface area contributed by atoms with Gasteiger partial charge in [-0.25, -0.2) is 4.79 Å². The van der Waals surface area contributed by atoms with Crippen molar-refractivity contribution in [1.29, 1.82) is 0 Å². The molecule has 1 aliphatic rings. The Labute approximate surface area is 134 Å². The molecule has 1 heterocycles. The van der Waals surface area contributed by atoms with Crippen LogP contribution in [0.2, 0.25) is 0 Å². The molecule has 0 saturated carbocycles. The molecule has 5 nitrogen and oxygen atoms in total. The van der Waals surface area contributed by atoms with E-state index in [1.165, 1.54) is 0 Å². The van der Waals surface area contributed by atoms with Crippen LogP contribution >= 0.6 is 0 Å². The first-order valence-corrected chi connectivity index (χ1v) is 7.37. The number of para-hydroxylation sites is 2. The van der Waals surface area contributed by atoms with Gasteiger partial charge in [0.1, 0.15) is 0 Å². The van der Waals surface area contributed by atoms with Crippen LogP contribution in [0.3, 0.4) is 0 Å². The molecule has 2 aromatic carbocycles. The summed E-state index contributed by atoms with van der Waals surface area (Å²) in [6.07, 6.45) is 0. The monoisotopic (exact) mass is 308 g/mol. The van der Waals surface area contributed by atoms with E-state index in [1.54, 1.807) is 24.8 Å². The van der Waals surface area contributed by atoms with Gasteiger partial charge < -0.3 is 4.84 Å². The maximum Gasteiger partial charge on any atom is 0.337 e. The van der Waals surface area contributed by atoms with Crippen molar-refractivity contribution in [3.8, 4) is 0 Å². The highest BCUT2D eigenvalue weighted by Gasteiger charge is 2.35. The van der Waals surface area contributed by atoms with E-state index in [0.29, 0.717) is 5.56 Å². The second kappa shape index (κ2) is 6.04. The number of anilines is 2. The third kappa shape index (κ3) is 2.73. The Balaban J connectivity index is 2.02. The molecular formula is C18H16N2O3. The van der Waals surface area contributed by atoms with E-state index in [2.05, 4.69) is 5.16 Å². The van der Waals surface area contributed by atoms with E-state index in [9.17, 15) is 9.59 Å². The van der Waals surface area contributed by atoms with Crippen LogP contribution in [0.15, 0.2) is 59.8 Å². The minimum atomic E-state index is -0.471. The van der Waals surface area contributed by atoms with Gasteiger partial charge in [-0.1, -0.05) is 55.4 Å². The van der Waals surface area contributed by atoms with E-state index < -0.39 is 5.97 Å². The highest BCUT2D eigenvalue weighted by atomic mass is 16.7. The van der Waals surface area contributed by atoms with Crippen LogP contribution in [-0.2, 0) is 14.4 Å².